The van der Waals surface area contributed by atoms with Crippen molar-refractivity contribution >= 4 is 16.9 Å². The van der Waals surface area contributed by atoms with Gasteiger partial charge in [-0.15, -0.1) is 0 Å². The van der Waals surface area contributed by atoms with Crippen molar-refractivity contribution in [3.8, 4) is 0 Å². The zero-order valence-corrected chi connectivity index (χ0v) is 14.4. The third kappa shape index (κ3) is 4.48. The van der Waals surface area contributed by atoms with E-state index in [0.717, 1.165) is 22.3 Å². The van der Waals surface area contributed by atoms with Crippen LogP contribution in [-0.2, 0) is 9.53 Å². The van der Waals surface area contributed by atoms with Crippen molar-refractivity contribution in [1.82, 2.24) is 5.32 Å². The standard InChI is InChI=1S/C21H23NO3/c1-2-24-14-8-13-20(23)22-21(16-9-4-3-5-10-16)19-15-17-11-6-7-12-18(17)25-19/h3-7,9-12,15,21H,2,8,13-14H2,1H3,(H,22,23)/t21-/m0/s1. The van der Waals surface area contributed by atoms with E-state index in [1.807, 2.05) is 67.6 Å². The minimum absolute atomic E-state index is 0.00554. The second kappa shape index (κ2) is 8.49. The Morgan fingerprint density at radius 3 is 2.64 bits per heavy atom. The molecule has 130 valence electrons. The molecular weight excluding hydrogens is 314 g/mol. The largest absolute Gasteiger partial charge is 0.459 e. The lowest BCUT2D eigenvalue weighted by molar-refractivity contribution is -0.122. The zero-order chi connectivity index (χ0) is 17.5. The second-order valence-electron chi connectivity index (χ2n) is 5.90. The maximum Gasteiger partial charge on any atom is 0.220 e. The SMILES string of the molecule is CCOCCCC(=O)N[C@@H](c1ccccc1)c1cc2ccccc2o1. The molecule has 0 aliphatic heterocycles. The Balaban J connectivity index is 1.79. The lowest BCUT2D eigenvalue weighted by Gasteiger charge is -2.17. The molecule has 25 heavy (non-hydrogen) atoms. The summed E-state index contributed by atoms with van der Waals surface area (Å²) >= 11 is 0. The summed E-state index contributed by atoms with van der Waals surface area (Å²) in [6, 6.07) is 19.4. The maximum absolute atomic E-state index is 12.4. The molecule has 1 N–H and O–H groups in total. The van der Waals surface area contributed by atoms with Gasteiger partial charge in [0.05, 0.1) is 0 Å². The van der Waals surface area contributed by atoms with Gasteiger partial charge < -0.3 is 14.5 Å². The third-order valence-electron chi connectivity index (χ3n) is 4.06. The average Bonchev–Trinajstić information content (AvgIpc) is 3.08. The fourth-order valence-electron chi connectivity index (χ4n) is 2.82. The van der Waals surface area contributed by atoms with Gasteiger partial charge in [0.25, 0.3) is 0 Å². The maximum atomic E-state index is 12.4. The van der Waals surface area contributed by atoms with Crippen LogP contribution in [0.15, 0.2) is 65.1 Å². The Morgan fingerprint density at radius 1 is 1.12 bits per heavy atom. The van der Waals surface area contributed by atoms with Crippen molar-refractivity contribution in [2.24, 2.45) is 0 Å². The fourth-order valence-corrected chi connectivity index (χ4v) is 2.82. The first-order valence-electron chi connectivity index (χ1n) is 8.68. The van der Waals surface area contributed by atoms with Crippen LogP contribution in [0.3, 0.4) is 0 Å². The van der Waals surface area contributed by atoms with E-state index < -0.39 is 0 Å². The van der Waals surface area contributed by atoms with Gasteiger partial charge in [-0.3, -0.25) is 4.79 Å². The monoisotopic (exact) mass is 337 g/mol. The number of benzene rings is 2. The first-order chi connectivity index (χ1) is 12.3. The molecule has 0 saturated heterocycles. The number of hydrogen-bond donors (Lipinski definition) is 1. The van der Waals surface area contributed by atoms with Crippen molar-refractivity contribution in [1.29, 1.82) is 0 Å². The Kier molecular flexibility index (Phi) is 5.86. The predicted molar refractivity (Wildman–Crippen MR) is 98.4 cm³/mol. The molecule has 3 rings (SSSR count). The van der Waals surface area contributed by atoms with Crippen LogP contribution in [0.4, 0.5) is 0 Å². The summed E-state index contributed by atoms with van der Waals surface area (Å²) in [4.78, 5) is 12.4. The Bertz CT molecular complexity index is 777. The summed E-state index contributed by atoms with van der Waals surface area (Å²) in [6.07, 6.45) is 1.14. The van der Waals surface area contributed by atoms with E-state index in [0.29, 0.717) is 26.1 Å². The lowest BCUT2D eigenvalue weighted by atomic mass is 10.0. The Hall–Kier alpha value is -2.59. The number of carbonyl (C=O) groups is 1. The minimum Gasteiger partial charge on any atom is -0.459 e. The van der Waals surface area contributed by atoms with E-state index in [1.54, 1.807) is 0 Å². The molecule has 0 unspecified atom stereocenters. The highest BCUT2D eigenvalue weighted by atomic mass is 16.5. The van der Waals surface area contributed by atoms with Crippen molar-refractivity contribution in [3.05, 3.63) is 72.0 Å². The second-order valence-corrected chi connectivity index (χ2v) is 5.90. The molecule has 0 aliphatic rings. The lowest BCUT2D eigenvalue weighted by Crippen LogP contribution is -2.29. The highest BCUT2D eigenvalue weighted by molar-refractivity contribution is 5.79. The smallest absolute Gasteiger partial charge is 0.220 e. The molecule has 0 radical (unpaired) electrons. The van der Waals surface area contributed by atoms with Gasteiger partial charge in [0, 0.05) is 25.0 Å². The van der Waals surface area contributed by atoms with Gasteiger partial charge in [0.15, 0.2) is 0 Å². The van der Waals surface area contributed by atoms with Crippen LogP contribution in [0.2, 0.25) is 0 Å². The van der Waals surface area contributed by atoms with E-state index >= 15 is 0 Å². The minimum atomic E-state index is -0.298. The fraction of sp³-hybridized carbons (Fsp3) is 0.286. The van der Waals surface area contributed by atoms with E-state index in [2.05, 4.69) is 5.32 Å². The number of carbonyl (C=O) groups excluding carboxylic acids is 1. The van der Waals surface area contributed by atoms with Crippen LogP contribution in [0.5, 0.6) is 0 Å². The van der Waals surface area contributed by atoms with Gasteiger partial charge in [0.2, 0.25) is 5.91 Å². The summed E-state index contributed by atoms with van der Waals surface area (Å²) in [5, 5.41) is 4.13. The number of hydrogen-bond acceptors (Lipinski definition) is 3. The Labute approximate surface area is 147 Å². The zero-order valence-electron chi connectivity index (χ0n) is 14.4. The number of fused-ring (bicyclic) bond motifs is 1. The van der Waals surface area contributed by atoms with E-state index in [1.165, 1.54) is 0 Å². The quantitative estimate of drug-likeness (QED) is 0.618. The van der Waals surface area contributed by atoms with Crippen molar-refractivity contribution in [2.75, 3.05) is 13.2 Å². The summed E-state index contributed by atoms with van der Waals surface area (Å²) in [6.45, 7) is 3.23. The molecule has 3 aromatic rings. The van der Waals surface area contributed by atoms with Gasteiger partial charge in [-0.1, -0.05) is 48.5 Å². The van der Waals surface area contributed by atoms with Crippen molar-refractivity contribution in [3.63, 3.8) is 0 Å². The number of amides is 1. The highest BCUT2D eigenvalue weighted by Crippen LogP contribution is 2.28. The first-order valence-corrected chi connectivity index (χ1v) is 8.68. The van der Waals surface area contributed by atoms with Crippen LogP contribution >= 0.6 is 0 Å². The van der Waals surface area contributed by atoms with Crippen LogP contribution in [0.25, 0.3) is 11.0 Å². The molecule has 0 aliphatic carbocycles. The summed E-state index contributed by atoms with van der Waals surface area (Å²) in [5.74, 6) is 0.736. The van der Waals surface area contributed by atoms with Crippen molar-refractivity contribution in [2.45, 2.75) is 25.8 Å². The number of para-hydroxylation sites is 1. The van der Waals surface area contributed by atoms with Crippen LogP contribution in [0.1, 0.15) is 37.1 Å². The predicted octanol–water partition coefficient (Wildman–Crippen LogP) is 4.46. The van der Waals surface area contributed by atoms with Crippen molar-refractivity contribution < 1.29 is 13.9 Å². The van der Waals surface area contributed by atoms with Crippen LogP contribution in [-0.4, -0.2) is 19.1 Å². The number of nitrogens with one attached hydrogen (secondary N) is 1. The van der Waals surface area contributed by atoms with E-state index in [-0.39, 0.29) is 11.9 Å². The third-order valence-corrected chi connectivity index (χ3v) is 4.06. The molecule has 4 nitrogen and oxygen atoms in total. The first kappa shape index (κ1) is 17.2. The number of ether oxygens (including phenoxy) is 1. The van der Waals surface area contributed by atoms with Crippen LogP contribution < -0.4 is 5.32 Å². The molecule has 1 heterocycles. The number of furan rings is 1. The molecule has 1 aromatic heterocycles. The molecule has 0 fully saturated rings. The topological polar surface area (TPSA) is 51.5 Å². The molecule has 1 atom stereocenters. The van der Waals surface area contributed by atoms with Gasteiger partial charge in [0.1, 0.15) is 17.4 Å². The summed E-state index contributed by atoms with van der Waals surface area (Å²) < 4.78 is 11.3. The molecular formula is C21H23NO3. The molecule has 0 spiro atoms. The molecule has 1 amide bonds. The molecule has 0 bridgehead atoms. The highest BCUT2D eigenvalue weighted by Gasteiger charge is 2.20. The van der Waals surface area contributed by atoms with Gasteiger partial charge >= 0.3 is 0 Å². The van der Waals surface area contributed by atoms with E-state index in [9.17, 15) is 4.79 Å². The molecule has 0 saturated carbocycles. The van der Waals surface area contributed by atoms with Gasteiger partial charge in [-0.25, -0.2) is 0 Å². The van der Waals surface area contributed by atoms with E-state index in [4.69, 9.17) is 9.15 Å². The van der Waals surface area contributed by atoms with Gasteiger partial charge in [-0.05, 0) is 31.0 Å². The average molecular weight is 337 g/mol. The molecule has 4 heteroatoms. The molecule has 2 aromatic carbocycles. The summed E-state index contributed by atoms with van der Waals surface area (Å²) in [7, 11) is 0. The normalized spacial score (nSPS) is 12.2. The van der Waals surface area contributed by atoms with Gasteiger partial charge in [-0.2, -0.15) is 0 Å². The summed E-state index contributed by atoms with van der Waals surface area (Å²) in [5.41, 5.74) is 1.82. The van der Waals surface area contributed by atoms with Crippen LogP contribution in [0, 0.1) is 0 Å². The Morgan fingerprint density at radius 2 is 1.88 bits per heavy atom. The number of rotatable bonds is 8.